The summed E-state index contributed by atoms with van der Waals surface area (Å²) >= 11 is 0. The van der Waals surface area contributed by atoms with E-state index in [0.29, 0.717) is 6.92 Å². The molecule has 51 heavy (non-hydrogen) atoms. The van der Waals surface area contributed by atoms with Crippen LogP contribution < -0.4 is 16.4 Å². The summed E-state index contributed by atoms with van der Waals surface area (Å²) in [5.74, 6) is -42.6. The molecule has 0 saturated heterocycles. The topological polar surface area (TPSA) is 0 Å². The maximum Gasteiger partial charge on any atom is 4.00 e. The largest absolute Gasteiger partial charge is 4.00 e. The Hall–Kier alpha value is -3.14. The Kier molecular flexibility index (Phi) is 16.0. The Morgan fingerprint density at radius 3 is 0.725 bits per heavy atom. The average Bonchev–Trinajstić information content (AvgIpc) is 3.89. The third-order valence-electron chi connectivity index (χ3n) is 8.49. The van der Waals surface area contributed by atoms with Crippen molar-refractivity contribution in [2.75, 3.05) is 0 Å². The van der Waals surface area contributed by atoms with E-state index < -0.39 is 115 Å². The molecule has 0 bridgehead atoms. The molecule has 0 aliphatic heterocycles. The quantitative estimate of drug-likeness (QED) is 0.0615. The first-order chi connectivity index (χ1) is 23.5. The summed E-state index contributed by atoms with van der Waals surface area (Å²) in [6, 6.07) is 0. The van der Waals surface area contributed by atoms with Crippen molar-refractivity contribution >= 4 is 22.5 Å². The van der Waals surface area contributed by atoms with Gasteiger partial charge in [0.15, 0.2) is 52.4 Å². The number of hydrogen-bond acceptors (Lipinski definition) is 0. The van der Waals surface area contributed by atoms with E-state index in [9.17, 15) is 39.5 Å². The Bertz CT molecular complexity index is 1580. The molecule has 17 heteroatoms. The van der Waals surface area contributed by atoms with Crippen LogP contribution in [0.15, 0.2) is 5.47 Å². The van der Waals surface area contributed by atoms with Gasteiger partial charge in [0.1, 0.15) is 41.0 Å². The number of halogens is 15. The van der Waals surface area contributed by atoms with E-state index in [1.165, 1.54) is 64.2 Å². The van der Waals surface area contributed by atoms with Gasteiger partial charge in [0, 0.05) is 0 Å². The third-order valence-corrected chi connectivity index (χ3v) is 8.49. The van der Waals surface area contributed by atoms with Gasteiger partial charge in [-0.25, -0.2) is 71.8 Å². The summed E-state index contributed by atoms with van der Waals surface area (Å²) in [4.78, 5) is 0. The number of benzene rings is 3. The zero-order chi connectivity index (χ0) is 37.7. The van der Waals surface area contributed by atoms with Crippen molar-refractivity contribution in [1.82, 2.24) is 0 Å². The molecule has 5 rings (SSSR count). The molecule has 2 aliphatic carbocycles. The molecule has 0 heterocycles. The van der Waals surface area contributed by atoms with Crippen molar-refractivity contribution in [1.29, 1.82) is 0 Å². The minimum absolute atomic E-state index is 0. The van der Waals surface area contributed by atoms with Crippen molar-refractivity contribution in [3.05, 3.63) is 98.8 Å². The van der Waals surface area contributed by atoms with Gasteiger partial charge in [0.2, 0.25) is 0 Å². The van der Waals surface area contributed by atoms with E-state index in [0.717, 1.165) is 6.92 Å². The predicted octanol–water partition coefficient (Wildman–Crippen LogP) is 9.45. The van der Waals surface area contributed by atoms with Gasteiger partial charge in [-0.3, -0.25) is 0 Å². The zero-order valence-corrected chi connectivity index (χ0v) is 29.3. The Morgan fingerprint density at radius 2 is 0.569 bits per heavy atom. The first kappa shape index (κ1) is 44.0. The van der Waals surface area contributed by atoms with Crippen molar-refractivity contribution in [2.24, 2.45) is 0 Å². The average molecular weight is 822 g/mol. The first-order valence-electron chi connectivity index (χ1n) is 15.2. The van der Waals surface area contributed by atoms with Gasteiger partial charge in [-0.05, 0) is 6.92 Å². The molecular weight excluding hydrogens is 795 g/mol. The van der Waals surface area contributed by atoms with Gasteiger partial charge in [0.05, 0.1) is 0 Å². The van der Waals surface area contributed by atoms with Crippen LogP contribution in [0.5, 0.6) is 0 Å². The molecule has 3 aromatic carbocycles. The molecule has 272 valence electrons. The maximum atomic E-state index is 15.3. The van der Waals surface area contributed by atoms with Crippen LogP contribution in [0.3, 0.4) is 0 Å². The minimum Gasteiger partial charge on any atom is -0.344 e. The van der Waals surface area contributed by atoms with Crippen molar-refractivity contribution in [3.63, 3.8) is 0 Å². The summed E-state index contributed by atoms with van der Waals surface area (Å²) in [5.41, 5.74) is -9.96. The van der Waals surface area contributed by atoms with Crippen LogP contribution in [-0.4, -0.2) is 6.15 Å². The summed E-state index contributed by atoms with van der Waals surface area (Å²) in [5, 5.41) is 0. The molecule has 3 aromatic rings. The molecule has 2 saturated carbocycles. The van der Waals surface area contributed by atoms with Gasteiger partial charge in [-0.2, -0.15) is 0 Å². The van der Waals surface area contributed by atoms with Gasteiger partial charge in [-0.15, -0.1) is 23.3 Å². The molecule has 0 aromatic heterocycles. The van der Waals surface area contributed by atoms with E-state index >= 15 is 26.3 Å². The van der Waals surface area contributed by atoms with Gasteiger partial charge >= 0.3 is 26.2 Å². The van der Waals surface area contributed by atoms with E-state index in [4.69, 9.17) is 0 Å². The Morgan fingerprint density at radius 1 is 0.392 bits per heavy atom. The summed E-state index contributed by atoms with van der Waals surface area (Å²) in [7, 11) is 0. The zero-order valence-electron chi connectivity index (χ0n) is 26.8. The molecule has 0 N–H and O–H groups in total. The Balaban J connectivity index is 0.000000699. The second-order valence-electron chi connectivity index (χ2n) is 11.4. The van der Waals surface area contributed by atoms with E-state index in [1.807, 2.05) is 5.92 Å². The van der Waals surface area contributed by atoms with Crippen LogP contribution in [0.2, 0.25) is 0 Å². The molecule has 2 aliphatic rings. The second kappa shape index (κ2) is 18.6. The monoisotopic (exact) mass is 820 g/mol. The van der Waals surface area contributed by atoms with Crippen LogP contribution >= 0.6 is 0 Å². The van der Waals surface area contributed by atoms with Crippen molar-refractivity contribution < 1.29 is 92.1 Å². The Labute approximate surface area is 302 Å². The molecule has 0 radical (unpaired) electrons. The van der Waals surface area contributed by atoms with Crippen LogP contribution in [0.1, 0.15) is 78.1 Å². The molecule has 0 unspecified atom stereocenters. The molecular formula is C34H26BF15Zr+2. The number of hydrogen-bond donors (Lipinski definition) is 0. The smallest absolute Gasteiger partial charge is 0.344 e. The fourth-order valence-electron chi connectivity index (χ4n) is 6.16. The molecule has 0 amide bonds. The van der Waals surface area contributed by atoms with Crippen molar-refractivity contribution in [2.45, 2.75) is 78.1 Å². The SMILES string of the molecule is C1CCCC1.C1CCCC1.CC#CC(=[C-]C)[B-](c1c(F)c(F)c(F)c(F)c1F)(c1c(F)c(F)c(F)c(F)c1F)c1c(F)c(F)c(F)c(F)c1F.[Zr+4]. The van der Waals surface area contributed by atoms with Gasteiger partial charge in [-0.1, -0.05) is 64.2 Å². The molecule has 0 nitrogen and oxygen atoms in total. The minimum atomic E-state index is -5.86. The summed E-state index contributed by atoms with van der Waals surface area (Å²) < 4.78 is 220. The number of allylic oxidation sites excluding steroid dienone is 2. The molecule has 0 atom stereocenters. The van der Waals surface area contributed by atoms with Crippen LogP contribution in [0.25, 0.3) is 0 Å². The third kappa shape index (κ3) is 8.11. The van der Waals surface area contributed by atoms with Crippen LogP contribution in [0, 0.1) is 105 Å². The van der Waals surface area contributed by atoms with E-state index in [-0.39, 0.29) is 26.2 Å². The fourth-order valence-corrected chi connectivity index (χ4v) is 6.16. The van der Waals surface area contributed by atoms with Crippen molar-refractivity contribution in [3.8, 4) is 11.8 Å². The maximum absolute atomic E-state index is 15.3. The summed E-state index contributed by atoms with van der Waals surface area (Å²) in [6.45, 7) is 1.34. The van der Waals surface area contributed by atoms with Crippen LogP contribution in [0.4, 0.5) is 65.9 Å². The van der Waals surface area contributed by atoms with E-state index in [2.05, 4.69) is 0 Å². The van der Waals surface area contributed by atoms with E-state index in [1.54, 1.807) is 12.0 Å². The van der Waals surface area contributed by atoms with Gasteiger partial charge < -0.3 is 17.5 Å². The standard InChI is InChI=1S/C24H6BF15.2C5H10.Zr/c1-3-5-6(4-2)25(7-10(26)16(32)22(38)17(33)11(7)27,8-12(28)18(34)23(39)19(35)13(8)29)9-14(30)20(36)24(40)21(37)15(9)31;2*1-2-4-5-3-1;/h1-2H3;2*1-5H2;/q-2;;;+4. The number of rotatable bonds is 4. The predicted molar refractivity (Wildman–Crippen MR) is 155 cm³/mol. The van der Waals surface area contributed by atoms with Crippen LogP contribution in [-0.2, 0) is 26.2 Å². The molecule has 2 fully saturated rings. The molecule has 0 spiro atoms. The van der Waals surface area contributed by atoms with Gasteiger partial charge in [0.25, 0.3) is 0 Å². The summed E-state index contributed by atoms with van der Waals surface area (Å²) in [6.07, 6.45) is 10.9. The first-order valence-corrected chi connectivity index (χ1v) is 15.2. The fraction of sp³-hybridized carbons (Fsp3) is 0.353. The second-order valence-corrected chi connectivity index (χ2v) is 11.4. The normalized spacial score (nSPS) is 14.2.